The monoisotopic (exact) mass is 356 g/mol. The number of aromatic nitrogens is 2. The van der Waals surface area contributed by atoms with E-state index in [0.29, 0.717) is 0 Å². The van der Waals surface area contributed by atoms with Crippen LogP contribution in [0, 0.1) is 23.7 Å². The van der Waals surface area contributed by atoms with Gasteiger partial charge in [0, 0.05) is 23.5 Å². The van der Waals surface area contributed by atoms with Crippen molar-refractivity contribution in [1.29, 1.82) is 0 Å². The van der Waals surface area contributed by atoms with Gasteiger partial charge in [-0.05, 0) is 71.5 Å². The molecule has 0 atom stereocenters. The van der Waals surface area contributed by atoms with Crippen LogP contribution in [0.1, 0.15) is 22.5 Å². The Hall–Kier alpha value is -4.14. The molecule has 2 aromatic carbocycles. The fourth-order valence-corrected chi connectivity index (χ4v) is 2.64. The van der Waals surface area contributed by atoms with Crippen LogP contribution in [0.25, 0.3) is 11.1 Å². The predicted octanol–water partition coefficient (Wildman–Crippen LogP) is 4.94. The lowest BCUT2D eigenvalue weighted by atomic mass is 10.0. The summed E-state index contributed by atoms with van der Waals surface area (Å²) in [6.45, 7) is 0. The van der Waals surface area contributed by atoms with Crippen molar-refractivity contribution in [2.75, 3.05) is 0 Å². The standard InChI is InChI=1S/C26H16N2/c1-3-19-27-25(5-1)17-11-21-7-13-23(14-8-21)24-15-9-22(10-16-24)12-18-26-6-2-4-20-28-26/h1-10,13-16,19-20H. The Morgan fingerprint density at radius 2 is 0.857 bits per heavy atom. The molecule has 2 heterocycles. The third-order valence-corrected chi connectivity index (χ3v) is 4.10. The normalized spacial score (nSPS) is 9.57. The van der Waals surface area contributed by atoms with E-state index in [-0.39, 0.29) is 0 Å². The van der Waals surface area contributed by atoms with E-state index in [0.717, 1.165) is 33.6 Å². The highest BCUT2D eigenvalue weighted by Gasteiger charge is 1.98. The van der Waals surface area contributed by atoms with Gasteiger partial charge in [0.15, 0.2) is 0 Å². The van der Waals surface area contributed by atoms with Crippen molar-refractivity contribution in [2.24, 2.45) is 0 Å². The van der Waals surface area contributed by atoms with Crippen molar-refractivity contribution in [2.45, 2.75) is 0 Å². The number of rotatable bonds is 1. The first-order valence-electron chi connectivity index (χ1n) is 8.93. The van der Waals surface area contributed by atoms with Gasteiger partial charge in [0.2, 0.25) is 0 Å². The molecule has 0 fully saturated rings. The Morgan fingerprint density at radius 1 is 0.429 bits per heavy atom. The highest BCUT2D eigenvalue weighted by atomic mass is 14.6. The van der Waals surface area contributed by atoms with Crippen molar-refractivity contribution >= 4 is 0 Å². The quantitative estimate of drug-likeness (QED) is 0.451. The van der Waals surface area contributed by atoms with E-state index in [1.165, 1.54) is 0 Å². The molecule has 2 heteroatoms. The van der Waals surface area contributed by atoms with Gasteiger partial charge in [-0.1, -0.05) is 48.2 Å². The maximum Gasteiger partial charge on any atom is 0.113 e. The van der Waals surface area contributed by atoms with E-state index in [9.17, 15) is 0 Å². The molecule has 130 valence electrons. The molecule has 0 spiro atoms. The summed E-state index contributed by atoms with van der Waals surface area (Å²) >= 11 is 0. The second kappa shape index (κ2) is 8.49. The number of benzene rings is 2. The van der Waals surface area contributed by atoms with Gasteiger partial charge < -0.3 is 0 Å². The molecule has 28 heavy (non-hydrogen) atoms. The molecule has 4 aromatic rings. The van der Waals surface area contributed by atoms with E-state index in [2.05, 4.69) is 57.9 Å². The fraction of sp³-hybridized carbons (Fsp3) is 0. The topological polar surface area (TPSA) is 25.8 Å². The van der Waals surface area contributed by atoms with Gasteiger partial charge in [0.1, 0.15) is 11.4 Å². The minimum atomic E-state index is 0.772. The summed E-state index contributed by atoms with van der Waals surface area (Å²) in [5, 5.41) is 0. The summed E-state index contributed by atoms with van der Waals surface area (Å²) in [6, 6.07) is 27.9. The van der Waals surface area contributed by atoms with Crippen LogP contribution in [0.15, 0.2) is 97.3 Å². The summed E-state index contributed by atoms with van der Waals surface area (Å²) in [5.41, 5.74) is 5.77. The second-order valence-electron chi connectivity index (χ2n) is 6.08. The van der Waals surface area contributed by atoms with Crippen LogP contribution in [0.2, 0.25) is 0 Å². The maximum absolute atomic E-state index is 4.21. The van der Waals surface area contributed by atoms with Crippen LogP contribution < -0.4 is 0 Å². The first-order valence-corrected chi connectivity index (χ1v) is 8.93. The van der Waals surface area contributed by atoms with Crippen molar-refractivity contribution in [3.05, 3.63) is 120 Å². The Morgan fingerprint density at radius 3 is 1.21 bits per heavy atom. The third-order valence-electron chi connectivity index (χ3n) is 4.10. The molecule has 2 nitrogen and oxygen atoms in total. The number of hydrogen-bond acceptors (Lipinski definition) is 2. The summed E-state index contributed by atoms with van der Waals surface area (Å²) in [5.74, 6) is 12.4. The SMILES string of the molecule is C(#Cc1ccccn1)c1ccc(-c2ccc(C#Cc3ccccn3)cc2)cc1. The number of nitrogens with zero attached hydrogens (tertiary/aromatic N) is 2. The zero-order valence-electron chi connectivity index (χ0n) is 15.1. The molecule has 0 radical (unpaired) electrons. The van der Waals surface area contributed by atoms with Crippen LogP contribution in [0.4, 0.5) is 0 Å². The molecule has 0 bridgehead atoms. The summed E-state index contributed by atoms with van der Waals surface area (Å²) in [7, 11) is 0. The molecule has 0 saturated carbocycles. The fourth-order valence-electron chi connectivity index (χ4n) is 2.64. The molecule has 0 aliphatic carbocycles. The third kappa shape index (κ3) is 4.52. The lowest BCUT2D eigenvalue weighted by Crippen LogP contribution is -1.82. The predicted molar refractivity (Wildman–Crippen MR) is 112 cm³/mol. The van der Waals surface area contributed by atoms with Gasteiger partial charge in [-0.25, -0.2) is 9.97 Å². The van der Waals surface area contributed by atoms with Crippen molar-refractivity contribution in [3.63, 3.8) is 0 Å². The van der Waals surface area contributed by atoms with Gasteiger partial charge in [-0.15, -0.1) is 0 Å². The highest BCUT2D eigenvalue weighted by Crippen LogP contribution is 2.20. The molecule has 0 aliphatic rings. The van der Waals surface area contributed by atoms with Gasteiger partial charge in [0.25, 0.3) is 0 Å². The summed E-state index contributed by atoms with van der Waals surface area (Å²) in [6.07, 6.45) is 3.50. The van der Waals surface area contributed by atoms with Crippen molar-refractivity contribution < 1.29 is 0 Å². The minimum Gasteiger partial charge on any atom is -0.248 e. The largest absolute Gasteiger partial charge is 0.248 e. The van der Waals surface area contributed by atoms with Crippen molar-refractivity contribution in [3.8, 4) is 34.8 Å². The molecule has 0 amide bonds. The smallest absolute Gasteiger partial charge is 0.113 e. The van der Waals surface area contributed by atoms with Gasteiger partial charge in [-0.2, -0.15) is 0 Å². The molecule has 2 aromatic heterocycles. The van der Waals surface area contributed by atoms with Crippen molar-refractivity contribution in [1.82, 2.24) is 9.97 Å². The maximum atomic E-state index is 4.21. The van der Waals surface area contributed by atoms with Gasteiger partial charge in [-0.3, -0.25) is 0 Å². The number of pyridine rings is 2. The first kappa shape index (κ1) is 17.3. The lowest BCUT2D eigenvalue weighted by molar-refractivity contribution is 1.29. The van der Waals surface area contributed by atoms with Gasteiger partial charge >= 0.3 is 0 Å². The van der Waals surface area contributed by atoms with Crippen LogP contribution in [0.5, 0.6) is 0 Å². The van der Waals surface area contributed by atoms with Crippen LogP contribution in [-0.2, 0) is 0 Å². The number of hydrogen-bond donors (Lipinski definition) is 0. The summed E-state index contributed by atoms with van der Waals surface area (Å²) < 4.78 is 0. The van der Waals surface area contributed by atoms with Crippen LogP contribution >= 0.6 is 0 Å². The lowest BCUT2D eigenvalue weighted by Gasteiger charge is -2.02. The van der Waals surface area contributed by atoms with E-state index in [1.54, 1.807) is 12.4 Å². The molecular formula is C26H16N2. The Labute approximate surface area is 165 Å². The average molecular weight is 356 g/mol. The first-order chi connectivity index (χ1) is 13.9. The van der Waals surface area contributed by atoms with E-state index in [4.69, 9.17) is 0 Å². The average Bonchev–Trinajstić information content (AvgIpc) is 2.78. The molecule has 0 aliphatic heterocycles. The van der Waals surface area contributed by atoms with Crippen LogP contribution in [0.3, 0.4) is 0 Å². The minimum absolute atomic E-state index is 0.772. The Bertz CT molecular complexity index is 1070. The molecule has 0 saturated heterocycles. The molecule has 0 unspecified atom stereocenters. The molecule has 0 N–H and O–H groups in total. The Balaban J connectivity index is 1.48. The second-order valence-corrected chi connectivity index (χ2v) is 6.08. The molecule has 4 rings (SSSR count). The zero-order valence-corrected chi connectivity index (χ0v) is 15.1. The van der Waals surface area contributed by atoms with Gasteiger partial charge in [0.05, 0.1) is 0 Å². The zero-order chi connectivity index (χ0) is 19.0. The van der Waals surface area contributed by atoms with E-state index in [1.807, 2.05) is 60.7 Å². The highest BCUT2D eigenvalue weighted by molar-refractivity contribution is 5.65. The Kier molecular flexibility index (Phi) is 5.24. The molecular weight excluding hydrogens is 340 g/mol. The van der Waals surface area contributed by atoms with E-state index >= 15 is 0 Å². The summed E-state index contributed by atoms with van der Waals surface area (Å²) in [4.78, 5) is 8.43. The van der Waals surface area contributed by atoms with Crippen LogP contribution in [-0.4, -0.2) is 9.97 Å². The van der Waals surface area contributed by atoms with E-state index < -0.39 is 0 Å².